The first-order valence-electron chi connectivity index (χ1n) is 15.9. The third-order valence-electron chi connectivity index (χ3n) is 9.13. The average Bonchev–Trinajstić information content (AvgIpc) is 3.19. The summed E-state index contributed by atoms with van der Waals surface area (Å²) in [5.41, 5.74) is 11.7. The van der Waals surface area contributed by atoms with Crippen molar-refractivity contribution in [2.24, 2.45) is 5.73 Å². The summed E-state index contributed by atoms with van der Waals surface area (Å²) in [4.78, 5) is 49.2. The van der Waals surface area contributed by atoms with Crippen molar-refractivity contribution in [3.63, 3.8) is 0 Å². The van der Waals surface area contributed by atoms with E-state index in [0.717, 1.165) is 48.9 Å². The second-order valence-corrected chi connectivity index (χ2v) is 11.9. The predicted octanol–water partition coefficient (Wildman–Crippen LogP) is 3.87. The van der Waals surface area contributed by atoms with Crippen molar-refractivity contribution in [2.75, 3.05) is 38.0 Å². The van der Waals surface area contributed by atoms with E-state index in [1.807, 2.05) is 28.0 Å². The number of piperidine rings is 2. The van der Waals surface area contributed by atoms with E-state index in [4.69, 9.17) is 10.6 Å². The highest BCUT2D eigenvalue weighted by molar-refractivity contribution is 5.91. The molecule has 4 N–H and O–H groups in total. The summed E-state index contributed by atoms with van der Waals surface area (Å²) in [6, 6.07) is 13.6. The molecule has 0 saturated carbocycles. The molecule has 2 aromatic rings. The first-order valence-corrected chi connectivity index (χ1v) is 15.9. The minimum atomic E-state index is -0.737. The van der Waals surface area contributed by atoms with Gasteiger partial charge in [0.15, 0.2) is 0 Å². The first kappa shape index (κ1) is 30.8. The monoisotopic (exact) mass is 590 g/mol. The lowest BCUT2D eigenvalue weighted by Crippen LogP contribution is -2.54. The fraction of sp³-hybridized carbons (Fsp3) is 0.545. The third kappa shape index (κ3) is 7.67. The number of hydrogen-bond acceptors (Lipinski definition) is 6. The van der Waals surface area contributed by atoms with E-state index < -0.39 is 12.1 Å². The normalized spacial score (nSPS) is 19.3. The maximum atomic E-state index is 13.6. The van der Waals surface area contributed by atoms with Crippen LogP contribution in [0.25, 0.3) is 0 Å². The van der Waals surface area contributed by atoms with Crippen LogP contribution in [0.1, 0.15) is 61.8 Å². The van der Waals surface area contributed by atoms with Crippen LogP contribution in [0.5, 0.6) is 0 Å². The van der Waals surface area contributed by atoms with Crippen LogP contribution in [0.15, 0.2) is 42.5 Å². The lowest BCUT2D eigenvalue weighted by molar-refractivity contribution is -0.136. The van der Waals surface area contributed by atoms with Gasteiger partial charge in [0.25, 0.3) is 0 Å². The summed E-state index contributed by atoms with van der Waals surface area (Å²) in [5.74, 6) is -0.103. The van der Waals surface area contributed by atoms with Crippen LogP contribution in [0, 0.1) is 0 Å². The molecule has 10 nitrogen and oxygen atoms in total. The van der Waals surface area contributed by atoms with Crippen LogP contribution in [0.3, 0.4) is 0 Å². The lowest BCUT2D eigenvalue weighted by atomic mass is 9.96. The molecule has 3 aliphatic rings. The van der Waals surface area contributed by atoms with Crippen molar-refractivity contribution in [2.45, 2.75) is 83.3 Å². The zero-order valence-corrected chi connectivity index (χ0v) is 25.5. The number of carbonyl (C=O) groups excluding carboxylic acids is 3. The van der Waals surface area contributed by atoms with Crippen molar-refractivity contribution >= 4 is 23.7 Å². The maximum absolute atomic E-state index is 13.6. The van der Waals surface area contributed by atoms with Gasteiger partial charge in [-0.3, -0.25) is 4.79 Å². The molecular weight excluding hydrogens is 544 g/mol. The van der Waals surface area contributed by atoms with Crippen molar-refractivity contribution in [3.8, 4) is 0 Å². The van der Waals surface area contributed by atoms with Gasteiger partial charge in [0.1, 0.15) is 6.04 Å². The van der Waals surface area contributed by atoms with E-state index in [1.54, 1.807) is 5.06 Å². The Morgan fingerprint density at radius 2 is 1.70 bits per heavy atom. The molecule has 43 heavy (non-hydrogen) atoms. The Morgan fingerprint density at radius 1 is 0.977 bits per heavy atom. The number of aryl methyl sites for hydroxylation is 2. The Bertz CT molecular complexity index is 1290. The molecule has 4 amide bonds. The van der Waals surface area contributed by atoms with Gasteiger partial charge in [0.2, 0.25) is 5.91 Å². The largest absolute Gasteiger partial charge is 0.426 e. The molecule has 3 aliphatic heterocycles. The van der Waals surface area contributed by atoms with E-state index in [-0.39, 0.29) is 24.0 Å². The quantitative estimate of drug-likeness (QED) is 0.430. The molecule has 0 unspecified atom stereocenters. The van der Waals surface area contributed by atoms with E-state index in [1.165, 1.54) is 11.1 Å². The van der Waals surface area contributed by atoms with Crippen LogP contribution in [0.2, 0.25) is 0 Å². The number of nitrogens with zero attached hydrogens (tertiary/aromatic N) is 3. The Labute approximate surface area is 254 Å². The van der Waals surface area contributed by atoms with E-state index in [0.29, 0.717) is 52.0 Å². The number of fused-ring (bicyclic) bond motifs is 1. The van der Waals surface area contributed by atoms with Crippen LogP contribution < -0.4 is 16.4 Å². The number of urea groups is 1. The zero-order chi connectivity index (χ0) is 30.3. The molecule has 0 radical (unpaired) electrons. The van der Waals surface area contributed by atoms with Gasteiger partial charge >= 0.3 is 12.1 Å². The van der Waals surface area contributed by atoms with Gasteiger partial charge in [-0.2, -0.15) is 0 Å². The standard InChI is InChI=1S/C33H46N6O4/c1-3-24-10-9-23(21-25(24)4-2)22-30(31(40)37-16-12-27(34)13-17-37)36-33(42)43-38-18-14-28(15-19-38)39-20-11-26-7-5-6-8-29(26)35-32(39)41/h5-10,21,27-28,30H,3-4,11-20,22,34H2,1-2H3,(H,35,41)(H,36,42)/t30-/m1/s1. The van der Waals surface area contributed by atoms with Gasteiger partial charge < -0.3 is 31.0 Å². The van der Waals surface area contributed by atoms with E-state index >= 15 is 0 Å². The minimum absolute atomic E-state index is 0.0656. The molecule has 10 heteroatoms. The molecule has 0 aromatic heterocycles. The van der Waals surface area contributed by atoms with Gasteiger partial charge in [0, 0.05) is 56.9 Å². The summed E-state index contributed by atoms with van der Waals surface area (Å²) in [7, 11) is 0. The summed E-state index contributed by atoms with van der Waals surface area (Å²) < 4.78 is 0. The summed E-state index contributed by atoms with van der Waals surface area (Å²) in [6.45, 7) is 7.12. The molecule has 232 valence electrons. The first-order chi connectivity index (χ1) is 20.8. The van der Waals surface area contributed by atoms with E-state index in [2.05, 4.69) is 48.7 Å². The number of rotatable bonds is 8. The van der Waals surface area contributed by atoms with Crippen molar-refractivity contribution in [3.05, 3.63) is 64.7 Å². The Kier molecular flexibility index (Phi) is 10.2. The molecule has 1 atom stereocenters. The lowest BCUT2D eigenvalue weighted by Gasteiger charge is -2.37. The number of benzene rings is 2. The smallest absolute Gasteiger partial charge is 0.351 e. The maximum Gasteiger partial charge on any atom is 0.426 e. The summed E-state index contributed by atoms with van der Waals surface area (Å²) in [5, 5.41) is 7.57. The fourth-order valence-electron chi connectivity index (χ4n) is 6.53. The Balaban J connectivity index is 1.18. The van der Waals surface area contributed by atoms with Crippen LogP contribution in [-0.4, -0.2) is 83.7 Å². The highest BCUT2D eigenvalue weighted by Crippen LogP contribution is 2.25. The second kappa shape index (κ2) is 14.2. The highest BCUT2D eigenvalue weighted by atomic mass is 16.7. The summed E-state index contributed by atoms with van der Waals surface area (Å²) in [6.07, 6.45) is 5.32. The van der Waals surface area contributed by atoms with E-state index in [9.17, 15) is 14.4 Å². The number of nitrogens with one attached hydrogen (secondary N) is 2. The van der Waals surface area contributed by atoms with Crippen molar-refractivity contribution in [1.82, 2.24) is 20.2 Å². The fourth-order valence-corrected chi connectivity index (χ4v) is 6.53. The topological polar surface area (TPSA) is 120 Å². The van der Waals surface area contributed by atoms with Crippen LogP contribution >= 0.6 is 0 Å². The Hall–Kier alpha value is -3.63. The molecule has 3 heterocycles. The molecule has 2 saturated heterocycles. The number of amides is 4. The van der Waals surface area contributed by atoms with Gasteiger partial charge in [-0.05, 0) is 73.3 Å². The molecule has 5 rings (SSSR count). The van der Waals surface area contributed by atoms with Crippen molar-refractivity contribution in [1.29, 1.82) is 0 Å². The number of anilines is 1. The number of nitrogens with two attached hydrogens (primary N) is 1. The number of para-hydroxylation sites is 1. The molecular formula is C33H46N6O4. The number of hydroxylamine groups is 2. The van der Waals surface area contributed by atoms with Crippen molar-refractivity contribution < 1.29 is 19.2 Å². The minimum Gasteiger partial charge on any atom is -0.351 e. The molecule has 0 bridgehead atoms. The molecule has 0 aliphatic carbocycles. The van der Waals surface area contributed by atoms with Gasteiger partial charge in [-0.1, -0.05) is 50.2 Å². The molecule has 0 spiro atoms. The Morgan fingerprint density at radius 3 is 2.42 bits per heavy atom. The number of carbonyl (C=O) groups is 3. The molecule has 2 fully saturated rings. The van der Waals surface area contributed by atoms with Gasteiger partial charge in [-0.25, -0.2) is 9.59 Å². The second-order valence-electron chi connectivity index (χ2n) is 11.9. The van der Waals surface area contributed by atoms with Crippen LogP contribution in [-0.2, 0) is 35.3 Å². The zero-order valence-electron chi connectivity index (χ0n) is 25.5. The molecule has 2 aromatic carbocycles. The number of hydrogen-bond donors (Lipinski definition) is 3. The van der Waals surface area contributed by atoms with Gasteiger partial charge in [0.05, 0.1) is 0 Å². The van der Waals surface area contributed by atoms with Crippen LogP contribution in [0.4, 0.5) is 15.3 Å². The SMILES string of the molecule is CCc1ccc(C[C@@H](NC(=O)ON2CCC(N3CCc4ccccc4NC3=O)CC2)C(=O)N2CCC(N)CC2)cc1CC. The highest BCUT2D eigenvalue weighted by Gasteiger charge is 2.33. The third-order valence-corrected chi connectivity index (χ3v) is 9.13. The number of likely N-dealkylation sites (tertiary alicyclic amines) is 1. The predicted molar refractivity (Wildman–Crippen MR) is 167 cm³/mol. The summed E-state index contributed by atoms with van der Waals surface area (Å²) >= 11 is 0. The van der Waals surface area contributed by atoms with Gasteiger partial charge in [-0.15, -0.1) is 5.06 Å². The average molecular weight is 591 g/mol.